The molecule has 0 radical (unpaired) electrons. The topological polar surface area (TPSA) is 80.0 Å². The molecule has 2 aromatic carbocycles. The van der Waals surface area contributed by atoms with Gasteiger partial charge in [0.25, 0.3) is 11.7 Å². The summed E-state index contributed by atoms with van der Waals surface area (Å²) >= 11 is 6.08. The molecule has 3 aromatic rings. The van der Waals surface area contributed by atoms with Gasteiger partial charge in [-0.25, -0.2) is 0 Å². The molecule has 1 N–H and O–H groups in total. The van der Waals surface area contributed by atoms with Gasteiger partial charge in [0.05, 0.1) is 24.0 Å². The Balaban J connectivity index is 1.94. The fourth-order valence-corrected chi connectivity index (χ4v) is 3.79. The van der Waals surface area contributed by atoms with E-state index in [0.29, 0.717) is 27.8 Å². The number of ether oxygens (including phenoxy) is 1. The molecule has 1 fully saturated rings. The summed E-state index contributed by atoms with van der Waals surface area (Å²) in [7, 11) is 1.45. The second-order valence-electron chi connectivity index (χ2n) is 6.82. The van der Waals surface area contributed by atoms with Gasteiger partial charge in [0, 0.05) is 11.3 Å². The van der Waals surface area contributed by atoms with E-state index < -0.39 is 17.7 Å². The molecular weight excluding hydrogens is 406 g/mol. The van der Waals surface area contributed by atoms with Gasteiger partial charge in [-0.3, -0.25) is 14.5 Å². The standard InChI is InChI=1S/C23H18ClNO5/c1-13-6-3-4-7-16(13)25-20(17-8-5-11-30-17)19(22(27)23(25)28)21(26)14-9-10-15(24)18(12-14)29-2/h3-12,20,26H,1-2H3/b21-19-. The van der Waals surface area contributed by atoms with Crippen molar-refractivity contribution in [2.75, 3.05) is 12.0 Å². The molecule has 1 aliphatic heterocycles. The van der Waals surface area contributed by atoms with E-state index in [9.17, 15) is 14.7 Å². The molecule has 1 amide bonds. The number of furan rings is 1. The quantitative estimate of drug-likeness (QED) is 0.367. The van der Waals surface area contributed by atoms with Gasteiger partial charge in [-0.2, -0.15) is 0 Å². The highest BCUT2D eigenvalue weighted by molar-refractivity contribution is 6.51. The number of Topliss-reactive ketones (excluding diaryl/α,β-unsaturated/α-hetero) is 1. The monoisotopic (exact) mass is 423 g/mol. The van der Waals surface area contributed by atoms with Crippen LogP contribution in [0.3, 0.4) is 0 Å². The highest BCUT2D eigenvalue weighted by atomic mass is 35.5. The molecule has 7 heteroatoms. The molecule has 0 spiro atoms. The van der Waals surface area contributed by atoms with E-state index in [1.54, 1.807) is 36.4 Å². The van der Waals surface area contributed by atoms with Gasteiger partial charge >= 0.3 is 0 Å². The average molecular weight is 424 g/mol. The smallest absolute Gasteiger partial charge is 0.300 e. The summed E-state index contributed by atoms with van der Waals surface area (Å²) in [5, 5.41) is 11.4. The van der Waals surface area contributed by atoms with Crippen LogP contribution in [-0.2, 0) is 9.59 Å². The molecule has 152 valence electrons. The lowest BCUT2D eigenvalue weighted by Gasteiger charge is -2.24. The molecule has 0 aliphatic carbocycles. The first-order valence-corrected chi connectivity index (χ1v) is 9.55. The maximum Gasteiger partial charge on any atom is 0.300 e. The Morgan fingerprint density at radius 3 is 2.57 bits per heavy atom. The van der Waals surface area contributed by atoms with Gasteiger partial charge in [-0.15, -0.1) is 0 Å². The van der Waals surface area contributed by atoms with Gasteiger partial charge in [-0.05, 0) is 48.9 Å². The molecular formula is C23H18ClNO5. The predicted octanol–water partition coefficient (Wildman–Crippen LogP) is 4.88. The lowest BCUT2D eigenvalue weighted by molar-refractivity contribution is -0.132. The van der Waals surface area contributed by atoms with Gasteiger partial charge in [0.15, 0.2) is 0 Å². The Morgan fingerprint density at radius 2 is 1.90 bits per heavy atom. The zero-order valence-electron chi connectivity index (χ0n) is 16.3. The largest absolute Gasteiger partial charge is 0.507 e. The minimum atomic E-state index is -0.914. The van der Waals surface area contributed by atoms with Crippen molar-refractivity contribution >= 4 is 34.7 Å². The lowest BCUT2D eigenvalue weighted by Crippen LogP contribution is -2.29. The van der Waals surface area contributed by atoms with E-state index in [2.05, 4.69) is 0 Å². The van der Waals surface area contributed by atoms with Crippen LogP contribution >= 0.6 is 11.6 Å². The summed E-state index contributed by atoms with van der Waals surface area (Å²) in [5.41, 5.74) is 1.61. The average Bonchev–Trinajstić information content (AvgIpc) is 3.36. The molecule has 0 saturated carbocycles. The number of amides is 1. The summed E-state index contributed by atoms with van der Waals surface area (Å²) in [6.45, 7) is 1.85. The van der Waals surface area contributed by atoms with E-state index in [1.165, 1.54) is 24.3 Å². The third-order valence-electron chi connectivity index (χ3n) is 5.06. The Kier molecular flexibility index (Phi) is 5.10. The van der Waals surface area contributed by atoms with Crippen molar-refractivity contribution in [3.8, 4) is 5.75 Å². The number of hydrogen-bond donors (Lipinski definition) is 1. The molecule has 1 aliphatic rings. The van der Waals surface area contributed by atoms with Crippen LogP contribution in [0, 0.1) is 6.92 Å². The molecule has 2 heterocycles. The Bertz CT molecular complexity index is 1170. The summed E-state index contributed by atoms with van der Waals surface area (Å²) in [4.78, 5) is 27.4. The molecule has 1 saturated heterocycles. The van der Waals surface area contributed by atoms with Crippen LogP contribution in [0.15, 0.2) is 70.9 Å². The third kappa shape index (κ3) is 3.15. The number of nitrogens with zero attached hydrogens (tertiary/aromatic N) is 1. The minimum Gasteiger partial charge on any atom is -0.507 e. The number of aliphatic hydroxyl groups is 1. The van der Waals surface area contributed by atoms with Crippen molar-refractivity contribution < 1.29 is 23.8 Å². The van der Waals surface area contributed by atoms with Crippen molar-refractivity contribution in [2.45, 2.75) is 13.0 Å². The minimum absolute atomic E-state index is 0.0671. The number of para-hydroxylation sites is 1. The molecule has 0 bridgehead atoms. The second kappa shape index (κ2) is 7.72. The van der Waals surface area contributed by atoms with Crippen LogP contribution in [0.25, 0.3) is 5.76 Å². The van der Waals surface area contributed by atoms with Crippen molar-refractivity contribution in [3.05, 3.63) is 88.3 Å². The van der Waals surface area contributed by atoms with Gasteiger partial charge in [0.1, 0.15) is 23.3 Å². The summed E-state index contributed by atoms with van der Waals surface area (Å²) in [6, 6.07) is 14.3. The number of carbonyl (C=O) groups is 2. The molecule has 30 heavy (non-hydrogen) atoms. The van der Waals surface area contributed by atoms with Crippen LogP contribution in [0.4, 0.5) is 5.69 Å². The molecule has 1 unspecified atom stereocenters. The first-order chi connectivity index (χ1) is 14.4. The number of anilines is 1. The van der Waals surface area contributed by atoms with E-state index in [0.717, 1.165) is 5.56 Å². The number of rotatable bonds is 4. The van der Waals surface area contributed by atoms with Crippen molar-refractivity contribution in [1.29, 1.82) is 0 Å². The van der Waals surface area contributed by atoms with E-state index >= 15 is 0 Å². The summed E-state index contributed by atoms with van der Waals surface area (Å²) in [6.07, 6.45) is 1.46. The summed E-state index contributed by atoms with van der Waals surface area (Å²) < 4.78 is 10.8. The SMILES string of the molecule is COc1cc(/C(O)=C2/C(=O)C(=O)N(c3ccccc3C)C2c2ccco2)ccc1Cl. The lowest BCUT2D eigenvalue weighted by atomic mass is 9.99. The maximum absolute atomic E-state index is 13.0. The Hall–Kier alpha value is -3.51. The van der Waals surface area contributed by atoms with Crippen molar-refractivity contribution in [3.63, 3.8) is 0 Å². The maximum atomic E-state index is 13.0. The van der Waals surface area contributed by atoms with E-state index in [4.69, 9.17) is 20.8 Å². The number of aliphatic hydroxyl groups excluding tert-OH is 1. The highest BCUT2D eigenvalue weighted by Crippen LogP contribution is 2.43. The fraction of sp³-hybridized carbons (Fsp3) is 0.130. The number of aryl methyl sites for hydroxylation is 1. The van der Waals surface area contributed by atoms with Gasteiger partial charge in [-0.1, -0.05) is 29.8 Å². The van der Waals surface area contributed by atoms with Crippen LogP contribution in [0.1, 0.15) is 22.9 Å². The van der Waals surface area contributed by atoms with Crippen molar-refractivity contribution in [2.24, 2.45) is 0 Å². The predicted molar refractivity (Wildman–Crippen MR) is 113 cm³/mol. The number of hydrogen-bond acceptors (Lipinski definition) is 5. The van der Waals surface area contributed by atoms with Crippen LogP contribution in [0.5, 0.6) is 5.75 Å². The van der Waals surface area contributed by atoms with Crippen LogP contribution in [0.2, 0.25) is 5.02 Å². The summed E-state index contributed by atoms with van der Waals surface area (Å²) in [5.74, 6) is -1.18. The highest BCUT2D eigenvalue weighted by Gasteiger charge is 2.48. The Morgan fingerprint density at radius 1 is 1.13 bits per heavy atom. The zero-order valence-corrected chi connectivity index (χ0v) is 17.0. The number of ketones is 1. The van der Waals surface area contributed by atoms with E-state index in [-0.39, 0.29) is 11.3 Å². The van der Waals surface area contributed by atoms with Gasteiger partial charge in [0.2, 0.25) is 0 Å². The van der Waals surface area contributed by atoms with Crippen LogP contribution < -0.4 is 9.64 Å². The first kappa shape index (κ1) is 19.8. The van der Waals surface area contributed by atoms with Crippen LogP contribution in [-0.4, -0.2) is 23.9 Å². The number of methoxy groups -OCH3 is 1. The molecule has 6 nitrogen and oxygen atoms in total. The fourth-order valence-electron chi connectivity index (χ4n) is 3.59. The third-order valence-corrected chi connectivity index (χ3v) is 5.37. The second-order valence-corrected chi connectivity index (χ2v) is 7.23. The Labute approximate surface area is 177 Å². The normalized spacial score (nSPS) is 18.1. The molecule has 4 rings (SSSR count). The van der Waals surface area contributed by atoms with E-state index in [1.807, 2.05) is 19.1 Å². The number of carbonyl (C=O) groups excluding carboxylic acids is 2. The molecule has 1 atom stereocenters. The zero-order chi connectivity index (χ0) is 21.4. The first-order valence-electron chi connectivity index (χ1n) is 9.18. The molecule has 1 aromatic heterocycles. The number of benzene rings is 2. The van der Waals surface area contributed by atoms with Gasteiger partial charge < -0.3 is 14.3 Å². The number of halogens is 1. The van der Waals surface area contributed by atoms with Crippen molar-refractivity contribution in [1.82, 2.24) is 0 Å².